The van der Waals surface area contributed by atoms with Crippen LogP contribution in [0, 0.1) is 16.0 Å². The van der Waals surface area contributed by atoms with E-state index in [2.05, 4.69) is 0 Å². The van der Waals surface area contributed by atoms with Crippen molar-refractivity contribution < 1.29 is 24.4 Å². The van der Waals surface area contributed by atoms with Crippen molar-refractivity contribution >= 4 is 23.2 Å². The van der Waals surface area contributed by atoms with Crippen LogP contribution in [0.2, 0.25) is 0 Å². The highest BCUT2D eigenvalue weighted by atomic mass is 16.6. The number of hydrogen-bond acceptors (Lipinski definition) is 7. The molecule has 0 aromatic heterocycles. The number of aliphatic imine (C=N–C) groups is 1. The van der Waals surface area contributed by atoms with Gasteiger partial charge in [0.05, 0.1) is 11.5 Å². The smallest absolute Gasteiger partial charge is 0.315 e. The molecule has 0 saturated heterocycles. The largest absolute Gasteiger partial charge is 0.868 e. The lowest BCUT2D eigenvalue weighted by Crippen LogP contribution is -2.38. The first kappa shape index (κ1) is 24.3. The van der Waals surface area contributed by atoms with Crippen molar-refractivity contribution in [1.29, 1.82) is 0 Å². The van der Waals surface area contributed by atoms with Gasteiger partial charge in [0, 0.05) is 35.4 Å². The highest BCUT2D eigenvalue weighted by Gasteiger charge is 2.45. The Bertz CT molecular complexity index is 1220. The summed E-state index contributed by atoms with van der Waals surface area (Å²) < 4.78 is 5.50. The predicted molar refractivity (Wildman–Crippen MR) is 128 cm³/mol. The first-order chi connectivity index (χ1) is 16.8. The first-order valence-electron chi connectivity index (χ1n) is 11.8. The number of hydrogen-bond donors (Lipinski definition) is 0. The summed E-state index contributed by atoms with van der Waals surface area (Å²) in [5, 5.41) is 23.5. The van der Waals surface area contributed by atoms with Crippen molar-refractivity contribution in [2.45, 2.75) is 51.4 Å². The summed E-state index contributed by atoms with van der Waals surface area (Å²) in [6, 6.07) is 13.5. The van der Waals surface area contributed by atoms with Gasteiger partial charge in [-0.15, -0.1) is 0 Å². The minimum absolute atomic E-state index is 0.0499. The minimum Gasteiger partial charge on any atom is -0.868 e. The van der Waals surface area contributed by atoms with E-state index in [1.165, 1.54) is 12.1 Å². The fourth-order valence-corrected chi connectivity index (χ4v) is 4.96. The second-order valence-electron chi connectivity index (χ2n) is 9.01. The topological polar surface area (TPSA) is 122 Å². The predicted octanol–water partition coefficient (Wildman–Crippen LogP) is 4.59. The molecule has 0 radical (unpaired) electrons. The molecule has 0 N–H and O–H groups in total. The number of unbranched alkanes of at least 4 members (excludes halogenated alkanes) is 1. The van der Waals surface area contributed by atoms with Crippen LogP contribution in [0.1, 0.15) is 62.5 Å². The summed E-state index contributed by atoms with van der Waals surface area (Å²) in [5.41, 5.74) is 2.27. The molecule has 0 spiro atoms. The number of nitro benzene ring substituents is 1. The van der Waals surface area contributed by atoms with Gasteiger partial charge in [0.25, 0.3) is 5.69 Å². The monoisotopic (exact) mass is 475 g/mol. The van der Waals surface area contributed by atoms with Crippen LogP contribution in [0.5, 0.6) is 5.75 Å². The molecular formula is C27H27N2O6-. The van der Waals surface area contributed by atoms with E-state index < -0.39 is 34.2 Å². The van der Waals surface area contributed by atoms with Gasteiger partial charge in [0.1, 0.15) is 5.92 Å². The zero-order valence-electron chi connectivity index (χ0n) is 19.7. The normalized spacial score (nSPS) is 21.8. The molecule has 3 atom stereocenters. The molecule has 0 fully saturated rings. The fourth-order valence-electron chi connectivity index (χ4n) is 4.96. The molecule has 1 aliphatic carbocycles. The van der Waals surface area contributed by atoms with Gasteiger partial charge in [0.2, 0.25) is 0 Å². The van der Waals surface area contributed by atoms with E-state index in [1.807, 2.05) is 37.3 Å². The molecule has 2 aromatic rings. The summed E-state index contributed by atoms with van der Waals surface area (Å²) in [6.45, 7) is 3.94. The van der Waals surface area contributed by atoms with Crippen LogP contribution < -0.4 is 5.11 Å². The number of ketones is 1. The van der Waals surface area contributed by atoms with E-state index in [-0.39, 0.29) is 24.7 Å². The molecule has 2 aliphatic rings. The summed E-state index contributed by atoms with van der Waals surface area (Å²) in [7, 11) is 0. The third-order valence-electron chi connectivity index (χ3n) is 6.69. The van der Waals surface area contributed by atoms with Crippen molar-refractivity contribution in [3.05, 3.63) is 81.0 Å². The fraction of sp³-hybridized carbons (Fsp3) is 0.370. The maximum Gasteiger partial charge on any atom is 0.315 e. The molecule has 8 nitrogen and oxygen atoms in total. The molecule has 0 saturated carbocycles. The quantitative estimate of drug-likeness (QED) is 0.250. The van der Waals surface area contributed by atoms with Gasteiger partial charge in [-0.05, 0) is 42.6 Å². The summed E-state index contributed by atoms with van der Waals surface area (Å²) in [4.78, 5) is 42.1. The van der Waals surface area contributed by atoms with Gasteiger partial charge in [0.15, 0.2) is 5.78 Å². The van der Waals surface area contributed by atoms with Crippen LogP contribution in [-0.2, 0) is 14.3 Å². The Labute approximate surface area is 203 Å². The van der Waals surface area contributed by atoms with Crippen LogP contribution in [0.15, 0.2) is 64.8 Å². The summed E-state index contributed by atoms with van der Waals surface area (Å²) in [5.74, 6) is -3.16. The van der Waals surface area contributed by atoms with Crippen LogP contribution in [0.4, 0.5) is 5.69 Å². The van der Waals surface area contributed by atoms with E-state index in [9.17, 15) is 24.8 Å². The van der Waals surface area contributed by atoms with Gasteiger partial charge in [-0.3, -0.25) is 24.7 Å². The molecule has 35 heavy (non-hydrogen) atoms. The lowest BCUT2D eigenvalue weighted by molar-refractivity contribution is -0.398. The summed E-state index contributed by atoms with van der Waals surface area (Å²) >= 11 is 0. The molecule has 8 heteroatoms. The number of carbonyl (C=O) groups is 2. The number of Topliss-reactive ketones (excluding diaryl/α,β-unsaturated/α-hetero) is 1. The number of nitro groups is 1. The first-order valence-corrected chi connectivity index (χ1v) is 11.8. The zero-order chi connectivity index (χ0) is 25.1. The van der Waals surface area contributed by atoms with E-state index in [1.54, 1.807) is 6.92 Å². The van der Waals surface area contributed by atoms with E-state index in [0.29, 0.717) is 35.4 Å². The molecule has 1 aliphatic heterocycles. The molecule has 1 unspecified atom stereocenters. The Morgan fingerprint density at radius 2 is 1.89 bits per heavy atom. The Morgan fingerprint density at radius 1 is 1.14 bits per heavy atom. The number of rotatable bonds is 7. The number of carbonyl (C=O) groups excluding carboxylic acids is 2. The number of esters is 1. The van der Waals surface area contributed by atoms with Crippen molar-refractivity contribution in [3.63, 3.8) is 0 Å². The molecule has 4 rings (SSSR count). The highest BCUT2D eigenvalue weighted by molar-refractivity contribution is 6.09. The third kappa shape index (κ3) is 4.87. The average molecular weight is 476 g/mol. The second-order valence-corrected chi connectivity index (χ2v) is 9.01. The van der Waals surface area contributed by atoms with E-state index >= 15 is 0 Å². The van der Waals surface area contributed by atoms with Gasteiger partial charge in [-0.1, -0.05) is 55.8 Å². The molecule has 0 bridgehead atoms. The number of nitrogens with zero attached hydrogens (tertiary/aromatic N) is 2. The standard InChI is InChI=1S/C27H28N2O6/c1-3-4-12-35-27(32)24-16(2)28-20-13-19(17-8-6-5-7-9-17)15-23(31)26(20)25(24)18-10-11-22(30)21(14-18)29(33)34/h5-11,14,19,24-25,30H,3-4,12-13,15H2,1-2H3/p-1/t19-,24?,25-/m1/s1. The number of ether oxygens (including phenoxy) is 1. The van der Waals surface area contributed by atoms with Crippen molar-refractivity contribution in [3.8, 4) is 5.75 Å². The molecule has 0 amide bonds. The Kier molecular flexibility index (Phi) is 7.10. The summed E-state index contributed by atoms with van der Waals surface area (Å²) in [6.07, 6.45) is 2.30. The van der Waals surface area contributed by atoms with Gasteiger partial charge in [-0.25, -0.2) is 0 Å². The van der Waals surface area contributed by atoms with Crippen molar-refractivity contribution in [2.24, 2.45) is 10.9 Å². The van der Waals surface area contributed by atoms with Crippen molar-refractivity contribution in [2.75, 3.05) is 6.61 Å². The van der Waals surface area contributed by atoms with E-state index in [4.69, 9.17) is 9.73 Å². The van der Waals surface area contributed by atoms with Crippen LogP contribution in [0.3, 0.4) is 0 Å². The molecular weight excluding hydrogens is 448 g/mol. The number of benzene rings is 2. The Balaban J connectivity index is 1.80. The van der Waals surface area contributed by atoms with Crippen LogP contribution in [0.25, 0.3) is 0 Å². The average Bonchev–Trinajstić information content (AvgIpc) is 2.83. The molecule has 1 heterocycles. The third-order valence-corrected chi connectivity index (χ3v) is 6.69. The lowest BCUT2D eigenvalue weighted by Gasteiger charge is -2.36. The zero-order valence-corrected chi connectivity index (χ0v) is 19.7. The van der Waals surface area contributed by atoms with E-state index in [0.717, 1.165) is 18.1 Å². The number of allylic oxidation sites excluding steroid dienone is 2. The molecule has 182 valence electrons. The maximum absolute atomic E-state index is 13.5. The van der Waals surface area contributed by atoms with Crippen LogP contribution >= 0.6 is 0 Å². The maximum atomic E-state index is 13.5. The SMILES string of the molecule is CCCCOC(=O)C1C(C)=NC2=C(C(=O)C[C@H](c3ccccc3)C2)[C@@H]1c1ccc([O-])c([N+](=O)[O-])c1. The minimum atomic E-state index is -0.903. The van der Waals surface area contributed by atoms with Gasteiger partial charge < -0.3 is 9.84 Å². The van der Waals surface area contributed by atoms with Crippen molar-refractivity contribution in [1.82, 2.24) is 0 Å². The Hall–Kier alpha value is -3.81. The Morgan fingerprint density at radius 3 is 2.57 bits per heavy atom. The molecule has 2 aromatic carbocycles. The lowest BCUT2D eigenvalue weighted by atomic mass is 9.69. The second kappa shape index (κ2) is 10.2. The van der Waals surface area contributed by atoms with Gasteiger partial charge in [-0.2, -0.15) is 0 Å². The highest BCUT2D eigenvalue weighted by Crippen LogP contribution is 2.47. The van der Waals surface area contributed by atoms with Gasteiger partial charge >= 0.3 is 5.97 Å². The van der Waals surface area contributed by atoms with Crippen LogP contribution in [-0.4, -0.2) is 29.0 Å².